The fraction of sp³-hybridized carbons (Fsp3) is 0.654. The van der Waals surface area contributed by atoms with Crippen LogP contribution in [-0.4, -0.2) is 43.0 Å². The van der Waals surface area contributed by atoms with Gasteiger partial charge in [0.2, 0.25) is 0 Å². The standard InChI is InChI=1S/C26H40BNO4/c1-19(2)17-23(24(29)30-22-14-7-8-15-22)28-16-10-12-20-11-9-13-21(18-20)27-31-25(3,4)26(5,6)32-27/h9-13,18-19,22-23,28H,7-8,14-17H2,1-6H3/t23-/m0/s1. The highest BCUT2D eigenvalue weighted by molar-refractivity contribution is 6.62. The van der Waals surface area contributed by atoms with Gasteiger partial charge in [0.1, 0.15) is 12.1 Å². The molecule has 0 spiro atoms. The lowest BCUT2D eigenvalue weighted by atomic mass is 9.78. The van der Waals surface area contributed by atoms with E-state index in [1.54, 1.807) is 0 Å². The van der Waals surface area contributed by atoms with Crippen LogP contribution in [0.15, 0.2) is 30.3 Å². The average Bonchev–Trinajstić information content (AvgIpc) is 3.29. The monoisotopic (exact) mass is 441 g/mol. The van der Waals surface area contributed by atoms with Gasteiger partial charge in [-0.05, 0) is 76.7 Å². The SMILES string of the molecule is CC(C)C[C@H](NCC=Cc1cccc(B2OC(C)(C)C(C)(C)O2)c1)C(=O)OC1CCCC1. The van der Waals surface area contributed by atoms with Crippen molar-refractivity contribution in [1.82, 2.24) is 5.32 Å². The second kappa shape index (κ2) is 10.5. The first kappa shape index (κ1) is 25.0. The summed E-state index contributed by atoms with van der Waals surface area (Å²) in [6.45, 7) is 13.1. The Morgan fingerprint density at radius 1 is 1.19 bits per heavy atom. The smallest absolute Gasteiger partial charge is 0.461 e. The number of carbonyl (C=O) groups is 1. The van der Waals surface area contributed by atoms with Crippen LogP contribution >= 0.6 is 0 Å². The summed E-state index contributed by atoms with van der Waals surface area (Å²) in [5, 5.41) is 3.38. The normalized spacial score (nSPS) is 21.5. The van der Waals surface area contributed by atoms with Crippen molar-refractivity contribution in [1.29, 1.82) is 0 Å². The Morgan fingerprint density at radius 3 is 2.47 bits per heavy atom. The van der Waals surface area contributed by atoms with Crippen molar-refractivity contribution in [2.75, 3.05) is 6.54 Å². The van der Waals surface area contributed by atoms with Gasteiger partial charge in [0, 0.05) is 6.54 Å². The highest BCUT2D eigenvalue weighted by Gasteiger charge is 2.51. The van der Waals surface area contributed by atoms with E-state index < -0.39 is 0 Å². The average molecular weight is 441 g/mol. The highest BCUT2D eigenvalue weighted by atomic mass is 16.7. The van der Waals surface area contributed by atoms with Crippen LogP contribution in [0, 0.1) is 5.92 Å². The number of rotatable bonds is 9. The molecule has 1 saturated carbocycles. The van der Waals surface area contributed by atoms with Gasteiger partial charge >= 0.3 is 13.1 Å². The van der Waals surface area contributed by atoms with Crippen LogP contribution in [0.4, 0.5) is 0 Å². The maximum atomic E-state index is 12.7. The molecule has 1 aromatic carbocycles. The number of carbonyl (C=O) groups excluding carboxylic acids is 1. The zero-order chi connectivity index (χ0) is 23.4. The van der Waals surface area contributed by atoms with Gasteiger partial charge in [-0.1, -0.05) is 50.3 Å². The minimum atomic E-state index is -0.368. The Labute approximate surface area is 194 Å². The zero-order valence-electron chi connectivity index (χ0n) is 20.6. The molecule has 1 aromatic rings. The van der Waals surface area contributed by atoms with E-state index in [0.29, 0.717) is 12.5 Å². The van der Waals surface area contributed by atoms with E-state index in [2.05, 4.69) is 71.1 Å². The zero-order valence-corrected chi connectivity index (χ0v) is 20.6. The van der Waals surface area contributed by atoms with Gasteiger partial charge in [-0.25, -0.2) is 0 Å². The molecule has 1 atom stereocenters. The molecule has 32 heavy (non-hydrogen) atoms. The lowest BCUT2D eigenvalue weighted by Crippen LogP contribution is -2.41. The van der Waals surface area contributed by atoms with Crippen molar-refractivity contribution >= 4 is 24.6 Å². The number of benzene rings is 1. The molecule has 0 aromatic heterocycles. The largest absolute Gasteiger partial charge is 0.494 e. The fourth-order valence-electron chi connectivity index (χ4n) is 4.18. The van der Waals surface area contributed by atoms with Crippen LogP contribution in [0.1, 0.15) is 79.2 Å². The number of hydrogen-bond donors (Lipinski definition) is 1. The van der Waals surface area contributed by atoms with Crippen LogP contribution in [0.2, 0.25) is 0 Å². The van der Waals surface area contributed by atoms with Gasteiger partial charge in [-0.15, -0.1) is 0 Å². The van der Waals surface area contributed by atoms with Gasteiger partial charge in [0.15, 0.2) is 0 Å². The first-order valence-electron chi connectivity index (χ1n) is 12.1. The minimum absolute atomic E-state index is 0.104. The van der Waals surface area contributed by atoms with Gasteiger partial charge in [-0.3, -0.25) is 4.79 Å². The van der Waals surface area contributed by atoms with E-state index >= 15 is 0 Å². The molecule has 0 unspecified atom stereocenters. The molecular weight excluding hydrogens is 401 g/mol. The molecule has 176 valence electrons. The minimum Gasteiger partial charge on any atom is -0.461 e. The Bertz CT molecular complexity index is 783. The molecule has 0 bridgehead atoms. The Balaban J connectivity index is 1.56. The van der Waals surface area contributed by atoms with E-state index in [-0.39, 0.29) is 36.4 Å². The molecule has 6 heteroatoms. The summed E-state index contributed by atoms with van der Waals surface area (Å²) in [6.07, 6.45) is 9.32. The summed E-state index contributed by atoms with van der Waals surface area (Å²) in [5.41, 5.74) is 1.38. The molecule has 1 heterocycles. The number of nitrogens with one attached hydrogen (secondary N) is 1. The summed E-state index contributed by atoms with van der Waals surface area (Å²) < 4.78 is 18.1. The van der Waals surface area contributed by atoms with Crippen LogP contribution in [-0.2, 0) is 18.8 Å². The van der Waals surface area contributed by atoms with Crippen LogP contribution < -0.4 is 10.8 Å². The third-order valence-corrected chi connectivity index (χ3v) is 6.81. The van der Waals surface area contributed by atoms with Gasteiger partial charge < -0.3 is 19.4 Å². The van der Waals surface area contributed by atoms with E-state index in [9.17, 15) is 4.79 Å². The third-order valence-electron chi connectivity index (χ3n) is 6.81. The summed E-state index contributed by atoms with van der Waals surface area (Å²) in [4.78, 5) is 12.7. The molecule has 1 N–H and O–H groups in total. The van der Waals surface area contributed by atoms with Gasteiger partial charge in [0.05, 0.1) is 11.2 Å². The van der Waals surface area contributed by atoms with Gasteiger partial charge in [-0.2, -0.15) is 0 Å². The van der Waals surface area contributed by atoms with Crippen molar-refractivity contribution in [3.05, 3.63) is 35.9 Å². The molecule has 0 amide bonds. The van der Waals surface area contributed by atoms with Crippen molar-refractivity contribution in [3.63, 3.8) is 0 Å². The first-order chi connectivity index (χ1) is 15.1. The van der Waals surface area contributed by atoms with Crippen LogP contribution in [0.25, 0.3) is 6.08 Å². The summed E-state index contributed by atoms with van der Waals surface area (Å²) in [6, 6.07) is 7.95. The summed E-state index contributed by atoms with van der Waals surface area (Å²) >= 11 is 0. The lowest BCUT2D eigenvalue weighted by molar-refractivity contribution is -0.151. The lowest BCUT2D eigenvalue weighted by Gasteiger charge is -2.32. The topological polar surface area (TPSA) is 56.8 Å². The fourth-order valence-corrected chi connectivity index (χ4v) is 4.18. The van der Waals surface area contributed by atoms with E-state index in [0.717, 1.165) is 43.1 Å². The molecule has 5 nitrogen and oxygen atoms in total. The Kier molecular flexibility index (Phi) is 8.23. The maximum Gasteiger partial charge on any atom is 0.494 e. The van der Waals surface area contributed by atoms with Gasteiger partial charge in [0.25, 0.3) is 0 Å². The van der Waals surface area contributed by atoms with E-state index in [1.165, 1.54) is 0 Å². The second-order valence-corrected chi connectivity index (χ2v) is 10.6. The molecule has 0 radical (unpaired) electrons. The summed E-state index contributed by atoms with van der Waals surface area (Å²) in [7, 11) is -0.368. The molecule has 3 rings (SSSR count). The number of ether oxygens (including phenoxy) is 1. The Morgan fingerprint density at radius 2 is 1.84 bits per heavy atom. The summed E-state index contributed by atoms with van der Waals surface area (Å²) in [5.74, 6) is 0.311. The van der Waals surface area contributed by atoms with Crippen molar-refractivity contribution in [3.8, 4) is 0 Å². The predicted molar refractivity (Wildman–Crippen MR) is 131 cm³/mol. The quantitative estimate of drug-likeness (QED) is 0.452. The first-order valence-corrected chi connectivity index (χ1v) is 12.1. The van der Waals surface area contributed by atoms with Crippen LogP contribution in [0.5, 0.6) is 0 Å². The molecule has 2 fully saturated rings. The highest BCUT2D eigenvalue weighted by Crippen LogP contribution is 2.36. The molecular formula is C26H40BNO4. The van der Waals surface area contributed by atoms with Crippen molar-refractivity contribution in [2.45, 2.75) is 97.0 Å². The molecule has 1 aliphatic heterocycles. The van der Waals surface area contributed by atoms with Crippen molar-refractivity contribution in [2.24, 2.45) is 5.92 Å². The molecule has 1 saturated heterocycles. The maximum absolute atomic E-state index is 12.7. The van der Waals surface area contributed by atoms with E-state index in [4.69, 9.17) is 14.0 Å². The second-order valence-electron chi connectivity index (χ2n) is 10.6. The van der Waals surface area contributed by atoms with Crippen LogP contribution in [0.3, 0.4) is 0 Å². The Hall–Kier alpha value is -1.63. The molecule has 1 aliphatic carbocycles. The predicted octanol–water partition coefficient (Wildman–Crippen LogP) is 4.49. The number of hydrogen-bond acceptors (Lipinski definition) is 5. The van der Waals surface area contributed by atoms with Crippen molar-refractivity contribution < 1.29 is 18.8 Å². The van der Waals surface area contributed by atoms with E-state index in [1.807, 2.05) is 12.1 Å². The number of esters is 1. The molecule has 2 aliphatic rings. The third kappa shape index (κ3) is 6.46.